The Kier molecular flexibility index (Phi) is 6.34. The standard InChI is InChI=1S/C22H21ClN2O4/c1-13(22(28)18-12-24-19-6-4-3-5-17(18)19)29-21(27)11-20(25-14(2)26)15-7-9-16(23)10-8-15/h3-10,12-13,20,24H,11H2,1-2H3,(H,25,26). The number of fused-ring (bicyclic) bond motifs is 1. The monoisotopic (exact) mass is 412 g/mol. The number of benzene rings is 2. The Balaban J connectivity index is 1.69. The number of carbonyl (C=O) groups excluding carboxylic acids is 3. The van der Waals surface area contributed by atoms with Crippen LogP contribution in [0.15, 0.2) is 54.7 Å². The number of amides is 1. The first kappa shape index (κ1) is 20.6. The van der Waals surface area contributed by atoms with Gasteiger partial charge in [-0.3, -0.25) is 14.4 Å². The SMILES string of the molecule is CC(=O)NC(CC(=O)OC(C)C(=O)c1c[nH]c2ccccc12)c1ccc(Cl)cc1. The molecule has 6 nitrogen and oxygen atoms in total. The van der Waals surface area contributed by atoms with Crippen molar-refractivity contribution in [2.75, 3.05) is 0 Å². The Morgan fingerprint density at radius 1 is 1.10 bits per heavy atom. The fourth-order valence-corrected chi connectivity index (χ4v) is 3.28. The van der Waals surface area contributed by atoms with Gasteiger partial charge >= 0.3 is 5.97 Å². The van der Waals surface area contributed by atoms with Crippen LogP contribution in [0.2, 0.25) is 5.02 Å². The van der Waals surface area contributed by atoms with Crippen LogP contribution in [-0.2, 0) is 14.3 Å². The second-order valence-corrected chi connectivity index (χ2v) is 7.19. The molecule has 0 saturated heterocycles. The molecule has 0 spiro atoms. The summed E-state index contributed by atoms with van der Waals surface area (Å²) in [4.78, 5) is 39.8. The van der Waals surface area contributed by atoms with Crippen LogP contribution in [0.25, 0.3) is 10.9 Å². The zero-order chi connectivity index (χ0) is 21.0. The number of nitrogens with one attached hydrogen (secondary N) is 2. The molecule has 3 aromatic rings. The Hall–Kier alpha value is -3.12. The fraction of sp³-hybridized carbons (Fsp3) is 0.227. The lowest BCUT2D eigenvalue weighted by molar-refractivity contribution is -0.147. The number of esters is 1. The third kappa shape index (κ3) is 5.03. The minimum atomic E-state index is -0.954. The summed E-state index contributed by atoms with van der Waals surface area (Å²) in [6.07, 6.45) is 0.558. The van der Waals surface area contributed by atoms with E-state index in [9.17, 15) is 14.4 Å². The van der Waals surface area contributed by atoms with Gasteiger partial charge in [0.15, 0.2) is 6.10 Å². The highest BCUT2D eigenvalue weighted by Crippen LogP contribution is 2.22. The number of para-hydroxylation sites is 1. The minimum absolute atomic E-state index is 0.104. The number of aromatic nitrogens is 1. The van der Waals surface area contributed by atoms with Gasteiger partial charge < -0.3 is 15.0 Å². The van der Waals surface area contributed by atoms with Crippen LogP contribution >= 0.6 is 11.6 Å². The van der Waals surface area contributed by atoms with Gasteiger partial charge in [0.25, 0.3) is 0 Å². The lowest BCUT2D eigenvalue weighted by atomic mass is 10.0. The maximum Gasteiger partial charge on any atom is 0.308 e. The number of Topliss-reactive ketones (excluding diaryl/α,β-unsaturated/α-hetero) is 1. The summed E-state index contributed by atoms with van der Waals surface area (Å²) in [6.45, 7) is 2.91. The number of halogens is 1. The summed E-state index contributed by atoms with van der Waals surface area (Å²) in [6, 6.07) is 13.7. The molecule has 1 heterocycles. The highest BCUT2D eigenvalue weighted by molar-refractivity contribution is 6.30. The molecule has 2 unspecified atom stereocenters. The van der Waals surface area contributed by atoms with Crippen molar-refractivity contribution >= 4 is 40.2 Å². The van der Waals surface area contributed by atoms with Crippen molar-refractivity contribution in [3.63, 3.8) is 0 Å². The number of rotatable bonds is 7. The van der Waals surface area contributed by atoms with Gasteiger partial charge in [-0.15, -0.1) is 0 Å². The molecule has 1 aromatic heterocycles. The second kappa shape index (κ2) is 8.92. The van der Waals surface area contributed by atoms with Crippen LogP contribution in [0.3, 0.4) is 0 Å². The maximum atomic E-state index is 12.7. The van der Waals surface area contributed by atoms with Crippen LogP contribution < -0.4 is 5.32 Å². The van der Waals surface area contributed by atoms with Gasteiger partial charge in [0.05, 0.1) is 12.5 Å². The Labute approximate surface area is 173 Å². The van der Waals surface area contributed by atoms with E-state index in [0.29, 0.717) is 10.6 Å². The molecule has 7 heteroatoms. The summed E-state index contributed by atoms with van der Waals surface area (Å²) < 4.78 is 5.36. The van der Waals surface area contributed by atoms with Crippen molar-refractivity contribution in [2.45, 2.75) is 32.4 Å². The molecule has 29 heavy (non-hydrogen) atoms. The van der Waals surface area contributed by atoms with Crippen molar-refractivity contribution in [2.24, 2.45) is 0 Å². The first-order valence-corrected chi connectivity index (χ1v) is 9.55. The van der Waals surface area contributed by atoms with Crippen molar-refractivity contribution in [1.29, 1.82) is 0 Å². The van der Waals surface area contributed by atoms with Crippen LogP contribution in [0.1, 0.15) is 42.2 Å². The van der Waals surface area contributed by atoms with E-state index in [2.05, 4.69) is 10.3 Å². The number of aromatic amines is 1. The Morgan fingerprint density at radius 2 is 1.79 bits per heavy atom. The predicted molar refractivity (Wildman–Crippen MR) is 111 cm³/mol. The second-order valence-electron chi connectivity index (χ2n) is 6.75. The van der Waals surface area contributed by atoms with Gasteiger partial charge in [-0.05, 0) is 30.7 Å². The first-order chi connectivity index (χ1) is 13.8. The lowest BCUT2D eigenvalue weighted by Crippen LogP contribution is -2.31. The van der Waals surface area contributed by atoms with Crippen LogP contribution in [0, 0.1) is 0 Å². The summed E-state index contributed by atoms with van der Waals surface area (Å²) in [5.41, 5.74) is 2.03. The van der Waals surface area contributed by atoms with E-state index in [1.54, 1.807) is 30.5 Å². The smallest absolute Gasteiger partial charge is 0.308 e. The fourth-order valence-electron chi connectivity index (χ4n) is 3.15. The number of hydrogen-bond donors (Lipinski definition) is 2. The molecular weight excluding hydrogens is 392 g/mol. The average molecular weight is 413 g/mol. The van der Waals surface area contributed by atoms with Crippen LogP contribution in [-0.4, -0.2) is 28.7 Å². The molecule has 2 N–H and O–H groups in total. The molecule has 0 saturated carbocycles. The van der Waals surface area contributed by atoms with E-state index in [1.165, 1.54) is 13.8 Å². The quantitative estimate of drug-likeness (QED) is 0.449. The molecule has 0 aliphatic carbocycles. The van der Waals surface area contributed by atoms with E-state index in [4.69, 9.17) is 16.3 Å². The summed E-state index contributed by atoms with van der Waals surface area (Å²) in [5, 5.41) is 4.06. The summed E-state index contributed by atoms with van der Waals surface area (Å²) in [7, 11) is 0. The van der Waals surface area contributed by atoms with E-state index in [1.807, 2.05) is 24.3 Å². The van der Waals surface area contributed by atoms with Crippen LogP contribution in [0.5, 0.6) is 0 Å². The van der Waals surface area contributed by atoms with E-state index in [0.717, 1.165) is 16.5 Å². The average Bonchev–Trinajstić information content (AvgIpc) is 3.11. The van der Waals surface area contributed by atoms with E-state index >= 15 is 0 Å². The van der Waals surface area contributed by atoms with Gasteiger partial charge in [0, 0.05) is 34.6 Å². The number of hydrogen-bond acceptors (Lipinski definition) is 4. The normalized spacial score (nSPS) is 12.9. The predicted octanol–water partition coefficient (Wildman–Crippen LogP) is 4.20. The molecule has 1 amide bonds. The van der Waals surface area contributed by atoms with Gasteiger partial charge in [-0.1, -0.05) is 41.9 Å². The van der Waals surface area contributed by atoms with Gasteiger partial charge in [-0.25, -0.2) is 0 Å². The van der Waals surface area contributed by atoms with Crippen molar-refractivity contribution in [3.05, 3.63) is 70.9 Å². The molecule has 0 radical (unpaired) electrons. The number of H-pyrrole nitrogens is 1. The van der Waals surface area contributed by atoms with Gasteiger partial charge in [0.1, 0.15) is 0 Å². The molecule has 0 aliphatic rings. The Bertz CT molecular complexity index is 1040. The molecule has 2 aromatic carbocycles. The molecule has 0 bridgehead atoms. The number of ketones is 1. The van der Waals surface area contributed by atoms with E-state index < -0.39 is 18.1 Å². The molecular formula is C22H21ClN2O4. The first-order valence-electron chi connectivity index (χ1n) is 9.17. The van der Waals surface area contributed by atoms with Crippen molar-refractivity contribution < 1.29 is 19.1 Å². The molecule has 2 atom stereocenters. The largest absolute Gasteiger partial charge is 0.454 e. The van der Waals surface area contributed by atoms with E-state index in [-0.39, 0.29) is 18.1 Å². The maximum absolute atomic E-state index is 12.7. The minimum Gasteiger partial charge on any atom is -0.454 e. The third-order valence-corrected chi connectivity index (χ3v) is 4.80. The molecule has 0 aliphatic heterocycles. The van der Waals surface area contributed by atoms with Gasteiger partial charge in [-0.2, -0.15) is 0 Å². The summed E-state index contributed by atoms with van der Waals surface area (Å²) in [5.74, 6) is -1.15. The lowest BCUT2D eigenvalue weighted by Gasteiger charge is -2.19. The topological polar surface area (TPSA) is 88.3 Å². The third-order valence-electron chi connectivity index (χ3n) is 4.55. The van der Waals surface area contributed by atoms with Gasteiger partial charge in [0.2, 0.25) is 11.7 Å². The number of carbonyl (C=O) groups is 3. The van der Waals surface area contributed by atoms with Crippen molar-refractivity contribution in [1.82, 2.24) is 10.3 Å². The number of ether oxygens (including phenoxy) is 1. The zero-order valence-electron chi connectivity index (χ0n) is 16.1. The highest BCUT2D eigenvalue weighted by atomic mass is 35.5. The molecule has 3 rings (SSSR count). The van der Waals surface area contributed by atoms with Crippen molar-refractivity contribution in [3.8, 4) is 0 Å². The molecule has 0 fully saturated rings. The zero-order valence-corrected chi connectivity index (χ0v) is 16.8. The summed E-state index contributed by atoms with van der Waals surface area (Å²) >= 11 is 5.90. The highest BCUT2D eigenvalue weighted by Gasteiger charge is 2.24. The van der Waals surface area contributed by atoms with Crippen LogP contribution in [0.4, 0.5) is 0 Å². The molecule has 150 valence electrons. The Morgan fingerprint density at radius 3 is 2.48 bits per heavy atom.